The van der Waals surface area contributed by atoms with Gasteiger partial charge in [-0.15, -0.1) is 11.8 Å². The number of hydrogen-bond donors (Lipinski definition) is 0. The maximum atomic E-state index is 8.48. The van der Waals surface area contributed by atoms with Gasteiger partial charge >= 0.3 is 0 Å². The van der Waals surface area contributed by atoms with E-state index in [9.17, 15) is 0 Å². The average molecular weight is 195 g/mol. The Morgan fingerprint density at radius 1 is 1.46 bits per heavy atom. The van der Waals surface area contributed by atoms with Gasteiger partial charge in [-0.2, -0.15) is 10.5 Å². The molecule has 0 saturated carbocycles. The van der Waals surface area contributed by atoms with Crippen LogP contribution in [-0.2, 0) is 0 Å². The third kappa shape index (κ3) is 4.57. The highest BCUT2D eigenvalue weighted by atomic mass is 32.2. The highest BCUT2D eigenvalue weighted by Crippen LogP contribution is 2.18. The zero-order valence-corrected chi connectivity index (χ0v) is 8.93. The summed E-state index contributed by atoms with van der Waals surface area (Å²) in [7, 11) is 3.96. The first kappa shape index (κ1) is 12.0. The van der Waals surface area contributed by atoms with Crippen LogP contribution >= 0.6 is 11.8 Å². The van der Waals surface area contributed by atoms with Crippen molar-refractivity contribution < 1.29 is 0 Å². The van der Waals surface area contributed by atoms with Crippen LogP contribution in [-0.4, -0.2) is 24.4 Å². The van der Waals surface area contributed by atoms with Gasteiger partial charge in [0.15, 0.2) is 0 Å². The van der Waals surface area contributed by atoms with Crippen LogP contribution in [0.4, 0.5) is 0 Å². The van der Waals surface area contributed by atoms with E-state index in [1.165, 1.54) is 11.8 Å². The highest BCUT2D eigenvalue weighted by molar-refractivity contribution is 8.02. The monoisotopic (exact) mass is 195 g/mol. The van der Waals surface area contributed by atoms with E-state index in [2.05, 4.69) is 11.8 Å². The summed E-state index contributed by atoms with van der Waals surface area (Å²) in [6.07, 6.45) is 0.984. The summed E-state index contributed by atoms with van der Waals surface area (Å²) in [4.78, 5) is 2.06. The van der Waals surface area contributed by atoms with Gasteiger partial charge in [0.1, 0.15) is 17.7 Å². The van der Waals surface area contributed by atoms with E-state index in [0.29, 0.717) is 5.37 Å². The number of rotatable bonds is 4. The van der Waals surface area contributed by atoms with Crippen molar-refractivity contribution in [1.82, 2.24) is 4.90 Å². The van der Waals surface area contributed by atoms with E-state index >= 15 is 0 Å². The molecule has 1 unspecified atom stereocenters. The average Bonchev–Trinajstić information content (AvgIpc) is 2.12. The van der Waals surface area contributed by atoms with Crippen LogP contribution in [0.25, 0.3) is 0 Å². The summed E-state index contributed by atoms with van der Waals surface area (Å²) >= 11 is 1.51. The third-order valence-corrected chi connectivity index (χ3v) is 2.95. The van der Waals surface area contributed by atoms with E-state index in [-0.39, 0.29) is 5.57 Å². The molecule has 0 spiro atoms. The van der Waals surface area contributed by atoms with Gasteiger partial charge in [0.05, 0.1) is 5.37 Å². The Hall–Kier alpha value is -0.970. The number of allylic oxidation sites excluding steroid dienone is 1. The standard InChI is InChI=1S/C9H13N3S/c1-4-9(12(2)3)13-7-8(5-10)6-11/h7,9H,4H2,1-3H3. The second-order valence-corrected chi connectivity index (χ2v) is 3.77. The SMILES string of the molecule is CCC(SC=C(C#N)C#N)N(C)C. The van der Waals surface area contributed by atoms with Crippen molar-refractivity contribution in [3.63, 3.8) is 0 Å². The second kappa shape index (κ2) is 6.54. The molecule has 0 aliphatic carbocycles. The maximum absolute atomic E-state index is 8.48. The van der Waals surface area contributed by atoms with Crippen LogP contribution in [0.3, 0.4) is 0 Å². The number of nitrogens with zero attached hydrogens (tertiary/aromatic N) is 3. The van der Waals surface area contributed by atoms with Crippen molar-refractivity contribution in [3.05, 3.63) is 11.0 Å². The molecule has 0 radical (unpaired) electrons. The molecule has 3 nitrogen and oxygen atoms in total. The molecule has 0 aliphatic heterocycles. The minimum Gasteiger partial charge on any atom is -0.297 e. The van der Waals surface area contributed by atoms with Crippen molar-refractivity contribution in [2.45, 2.75) is 18.7 Å². The fraction of sp³-hybridized carbons (Fsp3) is 0.556. The highest BCUT2D eigenvalue weighted by Gasteiger charge is 2.07. The minimum atomic E-state index is 0.172. The van der Waals surface area contributed by atoms with Gasteiger partial charge in [-0.3, -0.25) is 4.90 Å². The zero-order valence-electron chi connectivity index (χ0n) is 8.11. The zero-order chi connectivity index (χ0) is 10.3. The van der Waals surface area contributed by atoms with Gasteiger partial charge in [0.2, 0.25) is 0 Å². The summed E-state index contributed by atoms with van der Waals surface area (Å²) in [6.45, 7) is 2.07. The van der Waals surface area contributed by atoms with E-state index < -0.39 is 0 Å². The number of thioether (sulfide) groups is 1. The molecule has 1 atom stereocenters. The molecule has 0 aliphatic rings. The fourth-order valence-corrected chi connectivity index (χ4v) is 1.64. The molecular formula is C9H13N3S. The van der Waals surface area contributed by atoms with Crippen molar-refractivity contribution in [1.29, 1.82) is 10.5 Å². The minimum absolute atomic E-state index is 0.172. The molecule has 0 heterocycles. The largest absolute Gasteiger partial charge is 0.297 e. The van der Waals surface area contributed by atoms with Crippen LogP contribution in [0.15, 0.2) is 11.0 Å². The smallest absolute Gasteiger partial charge is 0.135 e. The molecule has 4 heteroatoms. The van der Waals surface area contributed by atoms with Crippen LogP contribution in [0, 0.1) is 22.7 Å². The van der Waals surface area contributed by atoms with Gasteiger partial charge < -0.3 is 0 Å². The Labute approximate surface area is 83.6 Å². The molecule has 0 aromatic rings. The summed E-state index contributed by atoms with van der Waals surface area (Å²) in [6, 6.07) is 3.66. The van der Waals surface area contributed by atoms with Crippen LogP contribution in [0.1, 0.15) is 13.3 Å². The first-order chi connectivity index (χ1) is 6.15. The molecule has 0 aromatic carbocycles. The van der Waals surface area contributed by atoms with Crippen LogP contribution in [0.2, 0.25) is 0 Å². The van der Waals surface area contributed by atoms with E-state index in [1.807, 2.05) is 26.2 Å². The van der Waals surface area contributed by atoms with E-state index in [0.717, 1.165) is 6.42 Å². The molecule has 0 rings (SSSR count). The lowest BCUT2D eigenvalue weighted by Gasteiger charge is -2.20. The predicted octanol–water partition coefficient (Wildman–Crippen LogP) is 1.95. The molecule has 0 saturated heterocycles. The van der Waals surface area contributed by atoms with Crippen LogP contribution in [0.5, 0.6) is 0 Å². The van der Waals surface area contributed by atoms with Crippen molar-refractivity contribution >= 4 is 11.8 Å². The second-order valence-electron chi connectivity index (χ2n) is 2.72. The molecule has 0 aromatic heterocycles. The third-order valence-electron chi connectivity index (χ3n) is 1.51. The fourth-order valence-electron chi connectivity index (χ4n) is 0.807. The Kier molecular flexibility index (Phi) is 6.05. The normalized spacial score (nSPS) is 11.5. The van der Waals surface area contributed by atoms with Crippen molar-refractivity contribution in [2.75, 3.05) is 14.1 Å². The number of nitriles is 2. The van der Waals surface area contributed by atoms with E-state index in [4.69, 9.17) is 10.5 Å². The van der Waals surface area contributed by atoms with Crippen molar-refractivity contribution in [2.24, 2.45) is 0 Å². The van der Waals surface area contributed by atoms with E-state index in [1.54, 1.807) is 5.41 Å². The summed E-state index contributed by atoms with van der Waals surface area (Å²) in [5.41, 5.74) is 0.172. The lowest BCUT2D eigenvalue weighted by Crippen LogP contribution is -2.23. The Balaban J connectivity index is 4.22. The van der Waals surface area contributed by atoms with Gasteiger partial charge in [-0.05, 0) is 20.5 Å². The molecular weight excluding hydrogens is 182 g/mol. The number of hydrogen-bond acceptors (Lipinski definition) is 4. The summed E-state index contributed by atoms with van der Waals surface area (Å²) in [5.74, 6) is 0. The first-order valence-electron chi connectivity index (χ1n) is 3.98. The molecule has 0 N–H and O–H groups in total. The Bertz CT molecular complexity index is 241. The lowest BCUT2D eigenvalue weighted by molar-refractivity contribution is 0.376. The predicted molar refractivity (Wildman–Crippen MR) is 54.7 cm³/mol. The molecule has 0 amide bonds. The Morgan fingerprint density at radius 2 is 2.00 bits per heavy atom. The summed E-state index contributed by atoms with van der Waals surface area (Å²) in [5, 5.41) is 18.9. The molecule has 13 heavy (non-hydrogen) atoms. The topological polar surface area (TPSA) is 50.8 Å². The molecule has 70 valence electrons. The molecule has 0 bridgehead atoms. The quantitative estimate of drug-likeness (QED) is 0.508. The maximum Gasteiger partial charge on any atom is 0.135 e. The van der Waals surface area contributed by atoms with Crippen molar-refractivity contribution in [3.8, 4) is 12.1 Å². The lowest BCUT2D eigenvalue weighted by atomic mass is 10.4. The van der Waals surface area contributed by atoms with Gasteiger partial charge in [-0.25, -0.2) is 0 Å². The summed E-state index contributed by atoms with van der Waals surface area (Å²) < 4.78 is 0. The molecule has 0 fully saturated rings. The van der Waals surface area contributed by atoms with Crippen LogP contribution < -0.4 is 0 Å². The van der Waals surface area contributed by atoms with Gasteiger partial charge in [0, 0.05) is 5.41 Å². The Morgan fingerprint density at radius 3 is 2.31 bits per heavy atom. The van der Waals surface area contributed by atoms with Gasteiger partial charge in [-0.1, -0.05) is 6.92 Å². The van der Waals surface area contributed by atoms with Gasteiger partial charge in [0.25, 0.3) is 0 Å². The first-order valence-corrected chi connectivity index (χ1v) is 4.92.